The highest BCUT2D eigenvalue weighted by Gasteiger charge is 2.23. The Morgan fingerprint density at radius 3 is 2.17 bits per heavy atom. The second-order valence-electron chi connectivity index (χ2n) is 6.39. The van der Waals surface area contributed by atoms with Crippen LogP contribution in [-0.4, -0.2) is 53.3 Å². The van der Waals surface area contributed by atoms with Crippen LogP contribution in [0.2, 0.25) is 0 Å². The molecule has 0 saturated carbocycles. The van der Waals surface area contributed by atoms with Gasteiger partial charge in [0.25, 0.3) is 0 Å². The van der Waals surface area contributed by atoms with Crippen molar-refractivity contribution in [1.29, 1.82) is 0 Å². The van der Waals surface area contributed by atoms with Crippen molar-refractivity contribution in [1.82, 2.24) is 10.0 Å². The second kappa shape index (κ2) is 10.3. The van der Waals surface area contributed by atoms with E-state index in [-0.39, 0.29) is 11.4 Å². The summed E-state index contributed by atoms with van der Waals surface area (Å²) in [7, 11) is 0.532. The number of aliphatic hydroxyl groups is 1. The lowest BCUT2D eigenvalue weighted by Gasteiger charge is -2.18. The van der Waals surface area contributed by atoms with Crippen LogP contribution in [0.5, 0.6) is 17.2 Å². The molecule has 0 fully saturated rings. The molecule has 2 aromatic carbocycles. The molecule has 1 amide bonds. The highest BCUT2D eigenvalue weighted by atomic mass is 32.2. The van der Waals surface area contributed by atoms with Crippen molar-refractivity contribution in [2.24, 2.45) is 0 Å². The molecule has 2 rings (SSSR count). The van der Waals surface area contributed by atoms with Crippen molar-refractivity contribution in [2.75, 3.05) is 27.9 Å². The molecule has 0 radical (unpaired) electrons. The van der Waals surface area contributed by atoms with Gasteiger partial charge in [-0.1, -0.05) is 0 Å². The fourth-order valence-corrected chi connectivity index (χ4v) is 3.87. The summed E-state index contributed by atoms with van der Waals surface area (Å²) in [5.41, 5.74) is 0.434. The predicted molar refractivity (Wildman–Crippen MR) is 110 cm³/mol. The van der Waals surface area contributed by atoms with E-state index in [9.17, 15) is 18.3 Å². The van der Waals surface area contributed by atoms with E-state index in [1.54, 1.807) is 18.2 Å². The summed E-state index contributed by atoms with van der Waals surface area (Å²) in [6, 6.07) is 9.65. The van der Waals surface area contributed by atoms with Crippen molar-refractivity contribution in [3.63, 3.8) is 0 Å². The standard InChI is InChI=1S/C20H26N2O7S/c1-13(22-30(25,26)16-8-5-14(27-2)6-9-16)20(24)21-12-18(23)17-11-15(28-3)7-10-19(17)29-4/h5-11,13,18,22-23H,12H2,1-4H3,(H,21,24)/t13-,18?/m0/s1. The number of carbonyl (C=O) groups is 1. The Morgan fingerprint density at radius 2 is 1.60 bits per heavy atom. The molecule has 10 heteroatoms. The average Bonchev–Trinajstić information content (AvgIpc) is 2.76. The number of ether oxygens (including phenoxy) is 3. The fourth-order valence-electron chi connectivity index (χ4n) is 2.67. The minimum atomic E-state index is -3.91. The molecular formula is C20H26N2O7S. The van der Waals surface area contributed by atoms with E-state index in [2.05, 4.69) is 10.0 Å². The monoisotopic (exact) mass is 438 g/mol. The van der Waals surface area contributed by atoms with Crippen molar-refractivity contribution < 1.29 is 32.5 Å². The molecule has 0 spiro atoms. The Balaban J connectivity index is 2.00. The molecule has 0 heterocycles. The van der Waals surface area contributed by atoms with E-state index in [1.807, 2.05) is 0 Å². The van der Waals surface area contributed by atoms with Gasteiger partial charge in [0.05, 0.1) is 38.4 Å². The van der Waals surface area contributed by atoms with Gasteiger partial charge in [-0.3, -0.25) is 4.79 Å². The molecule has 2 atom stereocenters. The number of aliphatic hydroxyl groups excluding tert-OH is 1. The maximum atomic E-state index is 12.4. The molecule has 30 heavy (non-hydrogen) atoms. The number of amides is 1. The quantitative estimate of drug-likeness (QED) is 0.510. The lowest BCUT2D eigenvalue weighted by Crippen LogP contribution is -2.45. The molecule has 0 aliphatic carbocycles. The summed E-state index contributed by atoms with van der Waals surface area (Å²) in [6.07, 6.45) is -1.08. The van der Waals surface area contributed by atoms with Gasteiger partial charge in [-0.25, -0.2) is 8.42 Å². The molecule has 0 aliphatic rings. The largest absolute Gasteiger partial charge is 0.497 e. The van der Waals surface area contributed by atoms with Crippen LogP contribution in [0, 0.1) is 0 Å². The van der Waals surface area contributed by atoms with Crippen LogP contribution in [0.4, 0.5) is 0 Å². The molecule has 1 unspecified atom stereocenters. The van der Waals surface area contributed by atoms with Crippen LogP contribution < -0.4 is 24.2 Å². The number of rotatable bonds is 10. The minimum Gasteiger partial charge on any atom is -0.497 e. The number of nitrogens with one attached hydrogen (secondary N) is 2. The Labute approximate surface area is 176 Å². The van der Waals surface area contributed by atoms with Gasteiger partial charge in [-0.2, -0.15) is 4.72 Å². The normalized spacial score (nSPS) is 13.2. The van der Waals surface area contributed by atoms with E-state index < -0.39 is 28.1 Å². The zero-order valence-electron chi connectivity index (χ0n) is 17.2. The molecule has 0 bridgehead atoms. The van der Waals surface area contributed by atoms with Gasteiger partial charge < -0.3 is 24.6 Å². The maximum absolute atomic E-state index is 12.4. The van der Waals surface area contributed by atoms with Gasteiger partial charge in [-0.15, -0.1) is 0 Å². The van der Waals surface area contributed by atoms with E-state index in [0.29, 0.717) is 22.8 Å². The first-order valence-electron chi connectivity index (χ1n) is 9.06. The first kappa shape index (κ1) is 23.5. The molecule has 2 aromatic rings. The van der Waals surface area contributed by atoms with Crippen molar-refractivity contribution in [3.05, 3.63) is 48.0 Å². The Bertz CT molecular complexity index is 962. The van der Waals surface area contributed by atoms with Crippen LogP contribution in [-0.2, 0) is 14.8 Å². The highest BCUT2D eigenvalue weighted by molar-refractivity contribution is 7.89. The third kappa shape index (κ3) is 5.85. The summed E-state index contributed by atoms with van der Waals surface area (Å²) < 4.78 is 42.6. The number of benzene rings is 2. The predicted octanol–water partition coefficient (Wildman–Crippen LogP) is 1.23. The van der Waals surface area contributed by atoms with Gasteiger partial charge >= 0.3 is 0 Å². The smallest absolute Gasteiger partial charge is 0.241 e. The molecule has 0 saturated heterocycles. The van der Waals surface area contributed by atoms with Crippen LogP contribution in [0.1, 0.15) is 18.6 Å². The lowest BCUT2D eigenvalue weighted by molar-refractivity contribution is -0.122. The third-order valence-electron chi connectivity index (χ3n) is 4.36. The zero-order valence-corrected chi connectivity index (χ0v) is 18.0. The van der Waals surface area contributed by atoms with Crippen LogP contribution in [0.3, 0.4) is 0 Å². The van der Waals surface area contributed by atoms with Gasteiger partial charge in [0, 0.05) is 12.1 Å². The summed E-state index contributed by atoms with van der Waals surface area (Å²) in [4.78, 5) is 12.3. The number of methoxy groups -OCH3 is 3. The van der Waals surface area contributed by atoms with E-state index in [4.69, 9.17) is 14.2 Å². The Hall–Kier alpha value is -2.82. The van der Waals surface area contributed by atoms with Gasteiger partial charge in [-0.05, 0) is 49.4 Å². The van der Waals surface area contributed by atoms with Crippen molar-refractivity contribution in [3.8, 4) is 17.2 Å². The third-order valence-corrected chi connectivity index (χ3v) is 5.92. The molecular weight excluding hydrogens is 412 g/mol. The molecule has 164 valence electrons. The number of hydrogen-bond donors (Lipinski definition) is 3. The Kier molecular flexibility index (Phi) is 8.04. The zero-order chi connectivity index (χ0) is 22.3. The van der Waals surface area contributed by atoms with Crippen LogP contribution in [0.15, 0.2) is 47.4 Å². The van der Waals surface area contributed by atoms with E-state index in [0.717, 1.165) is 0 Å². The molecule has 0 aromatic heterocycles. The topological polar surface area (TPSA) is 123 Å². The summed E-state index contributed by atoms with van der Waals surface area (Å²) in [6.45, 7) is 1.27. The highest BCUT2D eigenvalue weighted by Crippen LogP contribution is 2.29. The first-order valence-corrected chi connectivity index (χ1v) is 10.5. The Morgan fingerprint density at radius 1 is 1.00 bits per heavy atom. The minimum absolute atomic E-state index is 0.00380. The second-order valence-corrected chi connectivity index (χ2v) is 8.10. The van der Waals surface area contributed by atoms with Gasteiger partial charge in [0.2, 0.25) is 15.9 Å². The van der Waals surface area contributed by atoms with Gasteiger partial charge in [0.1, 0.15) is 17.2 Å². The molecule has 9 nitrogen and oxygen atoms in total. The number of hydrogen-bond acceptors (Lipinski definition) is 7. The summed E-state index contributed by atoms with van der Waals surface area (Å²) in [5, 5.41) is 13.0. The fraction of sp³-hybridized carbons (Fsp3) is 0.350. The summed E-state index contributed by atoms with van der Waals surface area (Å²) >= 11 is 0. The number of carbonyl (C=O) groups excluding carboxylic acids is 1. The van der Waals surface area contributed by atoms with Crippen molar-refractivity contribution in [2.45, 2.75) is 24.0 Å². The molecule has 3 N–H and O–H groups in total. The summed E-state index contributed by atoms with van der Waals surface area (Å²) in [5.74, 6) is 0.886. The average molecular weight is 439 g/mol. The van der Waals surface area contributed by atoms with E-state index in [1.165, 1.54) is 52.5 Å². The van der Waals surface area contributed by atoms with Crippen molar-refractivity contribution >= 4 is 15.9 Å². The van der Waals surface area contributed by atoms with Crippen LogP contribution in [0.25, 0.3) is 0 Å². The number of sulfonamides is 1. The van der Waals surface area contributed by atoms with Crippen LogP contribution >= 0.6 is 0 Å². The first-order chi connectivity index (χ1) is 14.2. The maximum Gasteiger partial charge on any atom is 0.241 e. The van der Waals surface area contributed by atoms with E-state index >= 15 is 0 Å². The lowest BCUT2D eigenvalue weighted by atomic mass is 10.1. The van der Waals surface area contributed by atoms with Gasteiger partial charge in [0.15, 0.2) is 0 Å². The molecule has 0 aliphatic heterocycles. The SMILES string of the molecule is COc1ccc(S(=O)(=O)N[C@@H](C)C(=O)NCC(O)c2cc(OC)ccc2OC)cc1.